The van der Waals surface area contributed by atoms with E-state index in [0.717, 1.165) is 12.8 Å². The molecule has 0 bridgehead atoms. The molecule has 0 rings (SSSR count). The summed E-state index contributed by atoms with van der Waals surface area (Å²) in [6, 6.07) is 0.349. The monoisotopic (exact) mass is 439 g/mol. The van der Waals surface area contributed by atoms with Crippen LogP contribution in [0.1, 0.15) is 174 Å². The van der Waals surface area contributed by atoms with E-state index in [1.54, 1.807) is 0 Å². The molecular formula is C29H61NO. The molecule has 0 saturated heterocycles. The summed E-state index contributed by atoms with van der Waals surface area (Å²) in [5, 5.41) is 12.4. The van der Waals surface area contributed by atoms with Crippen LogP contribution >= 0.6 is 0 Å². The van der Waals surface area contributed by atoms with Crippen LogP contribution in [-0.2, 0) is 0 Å². The van der Waals surface area contributed by atoms with Gasteiger partial charge < -0.3 is 10.3 Å². The number of quaternary nitrogens is 1. The third kappa shape index (κ3) is 24.4. The second kappa shape index (κ2) is 26.2. The van der Waals surface area contributed by atoms with E-state index in [-0.39, 0.29) is 0 Å². The number of hydrogen-bond acceptors (Lipinski definition) is 1. The zero-order valence-corrected chi connectivity index (χ0v) is 22.2. The van der Waals surface area contributed by atoms with Crippen LogP contribution in [0.25, 0.3) is 0 Å². The highest BCUT2D eigenvalue weighted by Gasteiger charge is 2.11. The quantitative estimate of drug-likeness (QED) is 0.105. The van der Waals surface area contributed by atoms with Crippen LogP contribution in [-0.4, -0.2) is 13.1 Å². The maximum Gasteiger partial charge on any atom is 0.0869 e. The van der Waals surface area contributed by atoms with Gasteiger partial charge in [0, 0.05) is 0 Å². The van der Waals surface area contributed by atoms with Crippen molar-refractivity contribution in [2.45, 2.75) is 180 Å². The van der Waals surface area contributed by atoms with Gasteiger partial charge in [-0.05, 0) is 25.7 Å². The van der Waals surface area contributed by atoms with Crippen LogP contribution in [0.15, 0.2) is 0 Å². The van der Waals surface area contributed by atoms with Gasteiger partial charge in [0.1, 0.15) is 0 Å². The molecule has 0 aliphatic rings. The Morgan fingerprint density at radius 1 is 0.419 bits per heavy atom. The smallest absolute Gasteiger partial charge is 0.0869 e. The molecule has 0 spiro atoms. The molecule has 2 heteroatoms. The highest BCUT2D eigenvalue weighted by molar-refractivity contribution is 4.59. The number of rotatable bonds is 26. The Balaban J connectivity index is 3.39. The van der Waals surface area contributed by atoms with Crippen molar-refractivity contribution >= 4 is 0 Å². The first-order valence-electron chi connectivity index (χ1n) is 14.7. The van der Waals surface area contributed by atoms with Crippen LogP contribution in [0.2, 0.25) is 0 Å². The van der Waals surface area contributed by atoms with E-state index in [1.807, 2.05) is 7.05 Å². The Morgan fingerprint density at radius 3 is 0.871 bits per heavy atom. The first-order valence-corrected chi connectivity index (χ1v) is 14.7. The van der Waals surface area contributed by atoms with E-state index in [2.05, 4.69) is 13.8 Å². The number of hydrogen-bond donors (Lipinski definition) is 1. The third-order valence-corrected chi connectivity index (χ3v) is 7.14. The predicted molar refractivity (Wildman–Crippen MR) is 141 cm³/mol. The molecule has 31 heavy (non-hydrogen) atoms. The molecule has 2 nitrogen and oxygen atoms in total. The van der Waals surface area contributed by atoms with Crippen molar-refractivity contribution in [2.24, 2.45) is 0 Å². The topological polar surface area (TPSA) is 27.5 Å². The van der Waals surface area contributed by atoms with Gasteiger partial charge in [-0.3, -0.25) is 0 Å². The second-order valence-electron chi connectivity index (χ2n) is 10.3. The average Bonchev–Trinajstić information content (AvgIpc) is 2.76. The Kier molecular flexibility index (Phi) is 26.1. The minimum atomic E-state index is 0.349. The van der Waals surface area contributed by atoms with Crippen LogP contribution in [0.4, 0.5) is 0 Å². The van der Waals surface area contributed by atoms with E-state index in [4.69, 9.17) is 0 Å². The molecule has 0 aliphatic heterocycles. The van der Waals surface area contributed by atoms with Gasteiger partial charge in [-0.15, -0.1) is 0 Å². The summed E-state index contributed by atoms with van der Waals surface area (Å²) in [6.45, 7) is 4.57. The Bertz CT molecular complexity index is 318. The highest BCUT2D eigenvalue weighted by atomic mass is 16.5. The number of unbranched alkanes of at least 4 members (excludes halogenated alkanes) is 21. The number of hydroxylamine groups is 2. The van der Waals surface area contributed by atoms with Gasteiger partial charge in [-0.1, -0.05) is 149 Å². The molecule has 0 radical (unpaired) electrons. The summed E-state index contributed by atoms with van der Waals surface area (Å²) in [5.74, 6) is 0. The van der Waals surface area contributed by atoms with Gasteiger partial charge in [-0.2, -0.15) is 0 Å². The molecule has 0 fully saturated rings. The summed E-state index contributed by atoms with van der Waals surface area (Å²) in [5.41, 5.74) is 0. The van der Waals surface area contributed by atoms with Gasteiger partial charge >= 0.3 is 0 Å². The van der Waals surface area contributed by atoms with Gasteiger partial charge in [0.15, 0.2) is 0 Å². The van der Waals surface area contributed by atoms with Gasteiger partial charge in [-0.25, -0.2) is 0 Å². The lowest BCUT2D eigenvalue weighted by atomic mass is 9.99. The fourth-order valence-electron chi connectivity index (χ4n) is 4.84. The first-order chi connectivity index (χ1) is 15.2. The summed E-state index contributed by atoms with van der Waals surface area (Å²) >= 11 is 0. The zero-order valence-electron chi connectivity index (χ0n) is 22.2. The van der Waals surface area contributed by atoms with Crippen LogP contribution in [0.3, 0.4) is 0 Å². The molecule has 0 saturated carbocycles. The molecule has 2 unspecified atom stereocenters. The number of nitrogens with one attached hydrogen (secondary N) is 1. The fraction of sp³-hybridized carbons (Fsp3) is 1.00. The molecule has 0 amide bonds. The zero-order chi connectivity index (χ0) is 22.8. The van der Waals surface area contributed by atoms with Crippen molar-refractivity contribution in [1.29, 1.82) is 0 Å². The Hall–Kier alpha value is -0.0800. The SMILES string of the molecule is CCCCCCCCCCCCCCCCC(CCCCCCCCCCC)[NH+](C)[O-]. The summed E-state index contributed by atoms with van der Waals surface area (Å²) in [4.78, 5) is 0. The lowest BCUT2D eigenvalue weighted by molar-refractivity contribution is -0.855. The normalized spacial score (nSPS) is 13.5. The third-order valence-electron chi connectivity index (χ3n) is 7.14. The summed E-state index contributed by atoms with van der Waals surface area (Å²) in [7, 11) is 1.82. The van der Waals surface area contributed by atoms with Crippen molar-refractivity contribution in [3.05, 3.63) is 5.21 Å². The van der Waals surface area contributed by atoms with E-state index in [9.17, 15) is 5.21 Å². The van der Waals surface area contributed by atoms with Gasteiger partial charge in [0.2, 0.25) is 0 Å². The molecule has 0 aromatic rings. The maximum absolute atomic E-state index is 12.0. The molecular weight excluding hydrogens is 378 g/mol. The lowest BCUT2D eigenvalue weighted by Crippen LogP contribution is -3.08. The minimum absolute atomic E-state index is 0.349. The van der Waals surface area contributed by atoms with Crippen molar-refractivity contribution in [1.82, 2.24) is 0 Å². The Labute approximate surface area is 197 Å². The van der Waals surface area contributed by atoms with E-state index in [0.29, 0.717) is 11.1 Å². The van der Waals surface area contributed by atoms with Crippen molar-refractivity contribution in [3.8, 4) is 0 Å². The summed E-state index contributed by atoms with van der Waals surface area (Å²) in [6.07, 6.45) is 34.3. The summed E-state index contributed by atoms with van der Waals surface area (Å²) < 4.78 is 0. The van der Waals surface area contributed by atoms with Gasteiger partial charge in [0.05, 0.1) is 13.1 Å². The molecule has 2 atom stereocenters. The second-order valence-corrected chi connectivity index (χ2v) is 10.3. The lowest BCUT2D eigenvalue weighted by Gasteiger charge is -2.28. The molecule has 1 N–H and O–H groups in total. The Morgan fingerprint density at radius 2 is 0.645 bits per heavy atom. The van der Waals surface area contributed by atoms with Crippen molar-refractivity contribution in [2.75, 3.05) is 7.05 Å². The van der Waals surface area contributed by atoms with E-state index < -0.39 is 0 Å². The highest BCUT2D eigenvalue weighted by Crippen LogP contribution is 2.15. The van der Waals surface area contributed by atoms with Crippen molar-refractivity contribution < 1.29 is 5.06 Å². The molecule has 0 aromatic heterocycles. The first kappa shape index (κ1) is 30.9. The maximum atomic E-state index is 12.0. The predicted octanol–water partition coefficient (Wildman–Crippen LogP) is 9.16. The van der Waals surface area contributed by atoms with Crippen LogP contribution < -0.4 is 5.06 Å². The minimum Gasteiger partial charge on any atom is -0.634 e. The van der Waals surface area contributed by atoms with E-state index in [1.165, 1.54) is 148 Å². The van der Waals surface area contributed by atoms with Gasteiger partial charge in [0.25, 0.3) is 0 Å². The average molecular weight is 440 g/mol. The fourth-order valence-corrected chi connectivity index (χ4v) is 4.84. The largest absolute Gasteiger partial charge is 0.634 e. The molecule has 0 aliphatic carbocycles. The molecule has 0 heterocycles. The standard InChI is InChI=1S/C29H61NO/c1-4-6-8-10-12-14-15-16-17-18-20-22-24-26-28-29(30(3)31)27-25-23-21-19-13-11-9-7-5-2/h29-30H,4-28H2,1-3H3. The van der Waals surface area contributed by atoms with Crippen LogP contribution in [0.5, 0.6) is 0 Å². The van der Waals surface area contributed by atoms with Crippen LogP contribution in [0, 0.1) is 5.21 Å². The van der Waals surface area contributed by atoms with E-state index >= 15 is 0 Å². The molecule has 0 aromatic carbocycles. The molecule has 188 valence electrons. The van der Waals surface area contributed by atoms with Crippen molar-refractivity contribution in [3.63, 3.8) is 0 Å².